The van der Waals surface area contributed by atoms with Crippen molar-refractivity contribution in [3.05, 3.63) is 65.7 Å². The second-order valence-corrected chi connectivity index (χ2v) is 5.84. The number of nitrogens with zero attached hydrogens (tertiary/aromatic N) is 2. The first kappa shape index (κ1) is 15.4. The molecule has 1 aromatic carbocycles. The number of aromatic nitrogens is 2. The normalized spacial score (nSPS) is 11.0. The highest BCUT2D eigenvalue weighted by Gasteiger charge is 2.00. The van der Waals surface area contributed by atoms with Gasteiger partial charge in [-0.2, -0.15) is 0 Å². The third-order valence-electron chi connectivity index (χ3n) is 3.97. The summed E-state index contributed by atoms with van der Waals surface area (Å²) in [5.74, 6) is 0.295. The molecule has 2 aromatic heterocycles. The molecule has 0 atom stereocenters. The number of fused-ring (bicyclic) bond motifs is 1. The minimum absolute atomic E-state index is 0.259. The highest BCUT2D eigenvalue weighted by atomic mass is 19.1. The Kier molecular flexibility index (Phi) is 4.81. The van der Waals surface area contributed by atoms with Crippen molar-refractivity contribution in [2.24, 2.45) is 0 Å². The molecule has 3 rings (SSSR count). The third-order valence-corrected chi connectivity index (χ3v) is 3.97. The topological polar surface area (TPSA) is 51.8 Å². The van der Waals surface area contributed by atoms with Crippen LogP contribution in [0.1, 0.15) is 30.4 Å². The van der Waals surface area contributed by atoms with Crippen LogP contribution < -0.4 is 5.73 Å². The molecule has 0 unspecified atom stereocenters. The number of halogens is 1. The number of hydrogen-bond donors (Lipinski definition) is 1. The maximum absolute atomic E-state index is 13.0. The van der Waals surface area contributed by atoms with Crippen molar-refractivity contribution in [1.82, 2.24) is 9.97 Å². The zero-order valence-electron chi connectivity index (χ0n) is 13.0. The zero-order valence-corrected chi connectivity index (χ0v) is 13.0. The molecule has 0 aliphatic carbocycles. The van der Waals surface area contributed by atoms with Gasteiger partial charge in [0.2, 0.25) is 0 Å². The van der Waals surface area contributed by atoms with Gasteiger partial charge in [0, 0.05) is 11.6 Å². The molecule has 2 N–H and O–H groups in total. The van der Waals surface area contributed by atoms with Crippen molar-refractivity contribution in [3.8, 4) is 0 Å². The smallest absolute Gasteiger partial charge is 0.141 e. The Morgan fingerprint density at radius 2 is 1.65 bits per heavy atom. The monoisotopic (exact) mass is 309 g/mol. The molecule has 3 nitrogen and oxygen atoms in total. The third kappa shape index (κ3) is 4.25. The predicted octanol–water partition coefficient (Wildman–Crippen LogP) is 4.31. The van der Waals surface area contributed by atoms with Gasteiger partial charge in [0.15, 0.2) is 0 Å². The first-order valence-electron chi connectivity index (χ1n) is 7.95. The number of aryl methyl sites for hydroxylation is 2. The van der Waals surface area contributed by atoms with Crippen LogP contribution in [0, 0.1) is 5.82 Å². The van der Waals surface area contributed by atoms with E-state index in [9.17, 15) is 4.39 Å². The highest BCUT2D eigenvalue weighted by molar-refractivity contribution is 5.80. The highest BCUT2D eigenvalue weighted by Crippen LogP contribution is 2.17. The first-order valence-corrected chi connectivity index (χ1v) is 7.95. The summed E-state index contributed by atoms with van der Waals surface area (Å²) in [5.41, 5.74) is 8.94. The Morgan fingerprint density at radius 1 is 0.870 bits per heavy atom. The van der Waals surface area contributed by atoms with Crippen molar-refractivity contribution in [3.63, 3.8) is 0 Å². The van der Waals surface area contributed by atoms with Gasteiger partial charge in [-0.15, -0.1) is 0 Å². The lowest BCUT2D eigenvalue weighted by molar-refractivity contribution is 0.614. The van der Waals surface area contributed by atoms with E-state index in [4.69, 9.17) is 5.73 Å². The van der Waals surface area contributed by atoms with Gasteiger partial charge < -0.3 is 5.73 Å². The maximum Gasteiger partial charge on any atom is 0.141 e. The van der Waals surface area contributed by atoms with Gasteiger partial charge in [-0.05, 0) is 61.1 Å². The van der Waals surface area contributed by atoms with Crippen molar-refractivity contribution in [2.75, 3.05) is 5.73 Å². The van der Waals surface area contributed by atoms with E-state index in [0.717, 1.165) is 48.6 Å². The van der Waals surface area contributed by atoms with Crippen LogP contribution in [0.2, 0.25) is 0 Å². The van der Waals surface area contributed by atoms with Crippen molar-refractivity contribution in [2.45, 2.75) is 32.1 Å². The quantitative estimate of drug-likeness (QED) is 0.690. The Bertz CT molecular complexity index is 801. The molecule has 23 heavy (non-hydrogen) atoms. The molecule has 0 amide bonds. The molecule has 0 fully saturated rings. The van der Waals surface area contributed by atoms with E-state index >= 15 is 0 Å². The number of unbranched alkanes of at least 4 members (excludes halogenated alkanes) is 2. The van der Waals surface area contributed by atoms with Gasteiger partial charge >= 0.3 is 0 Å². The first-order chi connectivity index (χ1) is 11.2. The summed E-state index contributed by atoms with van der Waals surface area (Å²) in [6, 6.07) is 11.7. The lowest BCUT2D eigenvalue weighted by Crippen LogP contribution is -1.92. The SMILES string of the molecule is Nc1ccc2ccc(CCCCCc3cncc(F)c3)cc2n1. The number of nitrogen functional groups attached to an aromatic ring is 1. The van der Waals surface area contributed by atoms with Gasteiger partial charge in [-0.1, -0.05) is 18.6 Å². The number of anilines is 1. The number of hydrogen-bond acceptors (Lipinski definition) is 3. The van der Waals surface area contributed by atoms with E-state index in [1.54, 1.807) is 12.3 Å². The van der Waals surface area contributed by atoms with Gasteiger partial charge in [-0.25, -0.2) is 9.37 Å². The largest absolute Gasteiger partial charge is 0.384 e. The molecule has 0 bridgehead atoms. The molecule has 0 saturated carbocycles. The van der Waals surface area contributed by atoms with Crippen molar-refractivity contribution >= 4 is 16.7 Å². The van der Waals surface area contributed by atoms with E-state index in [0.29, 0.717) is 5.82 Å². The zero-order chi connectivity index (χ0) is 16.1. The van der Waals surface area contributed by atoms with Crippen LogP contribution in [-0.4, -0.2) is 9.97 Å². The molecule has 0 aliphatic rings. The fraction of sp³-hybridized carbons (Fsp3) is 0.263. The van der Waals surface area contributed by atoms with Crippen LogP contribution in [-0.2, 0) is 12.8 Å². The lowest BCUT2D eigenvalue weighted by Gasteiger charge is -2.05. The van der Waals surface area contributed by atoms with Crippen molar-refractivity contribution < 1.29 is 4.39 Å². The molecule has 4 heteroatoms. The van der Waals surface area contributed by atoms with E-state index in [1.807, 2.05) is 12.1 Å². The molecule has 0 spiro atoms. The van der Waals surface area contributed by atoms with Crippen molar-refractivity contribution in [1.29, 1.82) is 0 Å². The van der Waals surface area contributed by atoms with E-state index in [-0.39, 0.29) is 5.82 Å². The number of nitrogens with two attached hydrogens (primary N) is 1. The minimum atomic E-state index is -0.259. The molecular formula is C19H20FN3. The van der Waals surface area contributed by atoms with Crippen LogP contribution in [0.5, 0.6) is 0 Å². The fourth-order valence-corrected chi connectivity index (χ4v) is 2.76. The lowest BCUT2D eigenvalue weighted by atomic mass is 10.0. The summed E-state index contributed by atoms with van der Waals surface area (Å²) in [5, 5.41) is 1.11. The van der Waals surface area contributed by atoms with Gasteiger partial charge in [0.1, 0.15) is 11.6 Å². The Labute approximate surface area is 135 Å². The summed E-state index contributed by atoms with van der Waals surface area (Å²) < 4.78 is 13.0. The standard InChI is InChI=1S/C19H20FN3/c20-17-10-15(12-22-13-17)5-3-1-2-4-14-6-7-16-8-9-19(21)23-18(16)11-14/h6-13H,1-5H2,(H2,21,23). The van der Waals surface area contributed by atoms with E-state index < -0.39 is 0 Å². The van der Waals surface area contributed by atoms with Gasteiger partial charge in [0.25, 0.3) is 0 Å². The van der Waals surface area contributed by atoms with Crippen LogP contribution in [0.3, 0.4) is 0 Å². The second kappa shape index (κ2) is 7.18. The van der Waals surface area contributed by atoms with Gasteiger partial charge in [0.05, 0.1) is 11.7 Å². The Balaban J connectivity index is 1.49. The summed E-state index contributed by atoms with van der Waals surface area (Å²) >= 11 is 0. The molecular weight excluding hydrogens is 289 g/mol. The predicted molar refractivity (Wildman–Crippen MR) is 91.6 cm³/mol. The minimum Gasteiger partial charge on any atom is -0.384 e. The van der Waals surface area contributed by atoms with E-state index in [2.05, 4.69) is 28.2 Å². The summed E-state index contributed by atoms with van der Waals surface area (Å²) in [7, 11) is 0. The maximum atomic E-state index is 13.0. The number of rotatable bonds is 6. The Morgan fingerprint density at radius 3 is 2.48 bits per heavy atom. The fourth-order valence-electron chi connectivity index (χ4n) is 2.76. The summed E-state index contributed by atoms with van der Waals surface area (Å²) in [6.07, 6.45) is 8.14. The molecule has 3 aromatic rings. The molecule has 2 heterocycles. The molecule has 0 aliphatic heterocycles. The molecule has 0 saturated heterocycles. The molecule has 118 valence electrons. The molecule has 0 radical (unpaired) electrons. The van der Waals surface area contributed by atoms with Gasteiger partial charge in [-0.3, -0.25) is 4.98 Å². The summed E-state index contributed by atoms with van der Waals surface area (Å²) in [6.45, 7) is 0. The Hall–Kier alpha value is -2.49. The number of benzene rings is 1. The van der Waals surface area contributed by atoms with Crippen LogP contribution in [0.25, 0.3) is 10.9 Å². The van der Waals surface area contributed by atoms with Crippen LogP contribution >= 0.6 is 0 Å². The summed E-state index contributed by atoms with van der Waals surface area (Å²) in [4.78, 5) is 8.24. The number of pyridine rings is 2. The van der Waals surface area contributed by atoms with Crippen LogP contribution in [0.15, 0.2) is 48.8 Å². The second-order valence-electron chi connectivity index (χ2n) is 5.84. The van der Waals surface area contributed by atoms with Crippen LogP contribution in [0.4, 0.5) is 10.2 Å². The average molecular weight is 309 g/mol. The average Bonchev–Trinajstić information content (AvgIpc) is 2.54. The van der Waals surface area contributed by atoms with E-state index in [1.165, 1.54) is 11.8 Å².